The number of carbonyl (C=O) groups is 1. The fourth-order valence-corrected chi connectivity index (χ4v) is 2.17. The predicted octanol–water partition coefficient (Wildman–Crippen LogP) is 2.58. The summed E-state index contributed by atoms with van der Waals surface area (Å²) in [6, 6.07) is 7.11. The largest absolute Gasteiger partial charge is 0.375 e. The number of halogens is 1. The van der Waals surface area contributed by atoms with E-state index in [9.17, 15) is 4.79 Å². The Morgan fingerprint density at radius 3 is 2.67 bits per heavy atom. The Kier molecular flexibility index (Phi) is 3.84. The van der Waals surface area contributed by atoms with Crippen molar-refractivity contribution in [1.82, 2.24) is 4.98 Å². The highest BCUT2D eigenvalue weighted by molar-refractivity contribution is 7.13. The van der Waals surface area contributed by atoms with Gasteiger partial charge in [-0.3, -0.25) is 4.79 Å². The summed E-state index contributed by atoms with van der Waals surface area (Å²) in [5, 5.41) is 2.92. The first-order chi connectivity index (χ1) is 8.56. The monoisotopic (exact) mass is 281 g/mol. The third kappa shape index (κ3) is 3.00. The van der Waals surface area contributed by atoms with Gasteiger partial charge in [0.25, 0.3) is 0 Å². The Morgan fingerprint density at radius 2 is 2.11 bits per heavy atom. The summed E-state index contributed by atoms with van der Waals surface area (Å²) in [7, 11) is 1.72. The Balaban J connectivity index is 2.07. The van der Waals surface area contributed by atoms with Gasteiger partial charge in [-0.1, -0.05) is 11.6 Å². The van der Waals surface area contributed by atoms with E-state index in [1.807, 2.05) is 0 Å². The van der Waals surface area contributed by atoms with Crippen LogP contribution in [0.4, 0.5) is 10.8 Å². The summed E-state index contributed by atoms with van der Waals surface area (Å²) in [4.78, 5) is 17.7. The van der Waals surface area contributed by atoms with Gasteiger partial charge in [0.05, 0.1) is 12.1 Å². The summed E-state index contributed by atoms with van der Waals surface area (Å²) in [6.07, 6.45) is 0.243. The number of amides is 1. The van der Waals surface area contributed by atoms with Gasteiger partial charge >= 0.3 is 0 Å². The molecule has 2 rings (SSSR count). The van der Waals surface area contributed by atoms with Crippen LogP contribution in [0.15, 0.2) is 29.6 Å². The second kappa shape index (κ2) is 5.37. The predicted molar refractivity (Wildman–Crippen MR) is 75.1 cm³/mol. The molecule has 6 heteroatoms. The average Bonchev–Trinajstić information content (AvgIpc) is 2.75. The molecule has 0 aliphatic heterocycles. The van der Waals surface area contributed by atoms with E-state index in [-0.39, 0.29) is 12.3 Å². The van der Waals surface area contributed by atoms with Gasteiger partial charge in [-0.05, 0) is 24.3 Å². The van der Waals surface area contributed by atoms with Crippen molar-refractivity contribution in [3.8, 4) is 0 Å². The lowest BCUT2D eigenvalue weighted by Crippen LogP contribution is -2.27. The Labute approximate surface area is 114 Å². The van der Waals surface area contributed by atoms with Crippen LogP contribution in [0.25, 0.3) is 0 Å². The number of carbonyl (C=O) groups excluding carboxylic acids is 1. The first-order valence-corrected chi connectivity index (χ1v) is 6.54. The van der Waals surface area contributed by atoms with Crippen molar-refractivity contribution in [2.75, 3.05) is 17.7 Å². The van der Waals surface area contributed by atoms with E-state index in [0.717, 1.165) is 5.69 Å². The number of likely N-dealkylation sites (N-methyl/N-ethyl adjacent to an activating group) is 1. The highest BCUT2D eigenvalue weighted by atomic mass is 35.5. The summed E-state index contributed by atoms with van der Waals surface area (Å²) in [5.74, 6) is -0.0392. The van der Waals surface area contributed by atoms with Crippen LogP contribution in [-0.4, -0.2) is 17.9 Å². The number of rotatable bonds is 3. The third-order valence-corrected chi connectivity index (χ3v) is 3.46. The summed E-state index contributed by atoms with van der Waals surface area (Å²) in [6.45, 7) is 0. The number of hydrogen-bond donors (Lipinski definition) is 1. The molecular weight excluding hydrogens is 270 g/mol. The first kappa shape index (κ1) is 12.9. The van der Waals surface area contributed by atoms with Gasteiger partial charge in [0.1, 0.15) is 0 Å². The van der Waals surface area contributed by atoms with Crippen molar-refractivity contribution < 1.29 is 4.79 Å². The molecule has 0 radical (unpaired) electrons. The molecule has 0 atom stereocenters. The standard InChI is InChI=1S/C12H12ClN3OS/c1-16(10-4-2-8(13)3-5-10)11(17)6-9-7-18-12(14)15-9/h2-5,7H,6H2,1H3,(H2,14,15). The lowest BCUT2D eigenvalue weighted by molar-refractivity contribution is -0.117. The van der Waals surface area contributed by atoms with E-state index < -0.39 is 0 Å². The summed E-state index contributed by atoms with van der Waals surface area (Å²) in [5.41, 5.74) is 7.02. The molecule has 18 heavy (non-hydrogen) atoms. The molecule has 94 valence electrons. The molecular formula is C12H12ClN3OS. The SMILES string of the molecule is CN(C(=O)Cc1csc(N)n1)c1ccc(Cl)cc1. The van der Waals surface area contributed by atoms with Crippen molar-refractivity contribution in [1.29, 1.82) is 0 Å². The molecule has 2 aromatic rings. The molecule has 1 amide bonds. The molecule has 0 aliphatic rings. The fraction of sp³-hybridized carbons (Fsp3) is 0.167. The van der Waals surface area contributed by atoms with Gasteiger partial charge in [-0.25, -0.2) is 4.98 Å². The molecule has 1 aromatic carbocycles. The molecule has 1 heterocycles. The van der Waals surface area contributed by atoms with Gasteiger partial charge < -0.3 is 10.6 Å². The maximum absolute atomic E-state index is 12.0. The minimum Gasteiger partial charge on any atom is -0.375 e. The number of nitrogens with zero attached hydrogens (tertiary/aromatic N) is 2. The highest BCUT2D eigenvalue weighted by Gasteiger charge is 2.13. The van der Waals surface area contributed by atoms with Crippen LogP contribution in [0.5, 0.6) is 0 Å². The van der Waals surface area contributed by atoms with E-state index in [1.165, 1.54) is 11.3 Å². The molecule has 0 unspecified atom stereocenters. The van der Waals surface area contributed by atoms with Gasteiger partial charge in [0, 0.05) is 23.1 Å². The van der Waals surface area contributed by atoms with Crippen molar-refractivity contribution in [3.63, 3.8) is 0 Å². The molecule has 0 spiro atoms. The van der Waals surface area contributed by atoms with Crippen LogP contribution in [0.1, 0.15) is 5.69 Å². The van der Waals surface area contributed by atoms with Crippen LogP contribution in [0, 0.1) is 0 Å². The fourth-order valence-electron chi connectivity index (χ4n) is 1.49. The van der Waals surface area contributed by atoms with Gasteiger partial charge in [0.15, 0.2) is 5.13 Å². The zero-order valence-corrected chi connectivity index (χ0v) is 11.3. The maximum atomic E-state index is 12.0. The second-order valence-electron chi connectivity index (χ2n) is 3.78. The second-order valence-corrected chi connectivity index (χ2v) is 5.11. The third-order valence-electron chi connectivity index (χ3n) is 2.49. The zero-order valence-electron chi connectivity index (χ0n) is 9.76. The normalized spacial score (nSPS) is 10.3. The lowest BCUT2D eigenvalue weighted by atomic mass is 10.2. The van der Waals surface area contributed by atoms with E-state index in [1.54, 1.807) is 41.6 Å². The first-order valence-electron chi connectivity index (χ1n) is 5.28. The number of nitrogen functional groups attached to an aromatic ring is 1. The molecule has 0 fully saturated rings. The number of aromatic nitrogens is 1. The molecule has 0 saturated heterocycles. The van der Waals surface area contributed by atoms with Crippen molar-refractivity contribution in [2.24, 2.45) is 0 Å². The van der Waals surface area contributed by atoms with E-state index in [0.29, 0.717) is 15.8 Å². The van der Waals surface area contributed by atoms with Crippen LogP contribution >= 0.6 is 22.9 Å². The Bertz CT molecular complexity index is 553. The molecule has 0 saturated carbocycles. The minimum absolute atomic E-state index is 0.0392. The van der Waals surface area contributed by atoms with Crippen LogP contribution < -0.4 is 10.6 Å². The lowest BCUT2D eigenvalue weighted by Gasteiger charge is -2.16. The zero-order chi connectivity index (χ0) is 13.1. The number of nitrogens with two attached hydrogens (primary N) is 1. The van der Waals surface area contributed by atoms with Crippen molar-refractivity contribution >= 4 is 39.7 Å². The van der Waals surface area contributed by atoms with Crippen molar-refractivity contribution in [2.45, 2.75) is 6.42 Å². The molecule has 2 N–H and O–H groups in total. The Morgan fingerprint density at radius 1 is 1.44 bits per heavy atom. The molecule has 4 nitrogen and oxygen atoms in total. The van der Waals surface area contributed by atoms with Crippen LogP contribution in [0.3, 0.4) is 0 Å². The van der Waals surface area contributed by atoms with Crippen LogP contribution in [0.2, 0.25) is 5.02 Å². The van der Waals surface area contributed by atoms with Gasteiger partial charge in [-0.2, -0.15) is 0 Å². The molecule has 1 aromatic heterocycles. The molecule has 0 aliphatic carbocycles. The van der Waals surface area contributed by atoms with Crippen molar-refractivity contribution in [3.05, 3.63) is 40.4 Å². The Hall–Kier alpha value is -1.59. The quantitative estimate of drug-likeness (QED) is 0.941. The van der Waals surface area contributed by atoms with Crippen LogP contribution in [-0.2, 0) is 11.2 Å². The summed E-state index contributed by atoms with van der Waals surface area (Å²) < 4.78 is 0. The molecule has 0 bridgehead atoms. The topological polar surface area (TPSA) is 59.2 Å². The highest BCUT2D eigenvalue weighted by Crippen LogP contribution is 2.18. The number of hydrogen-bond acceptors (Lipinski definition) is 4. The number of thiazole rings is 1. The smallest absolute Gasteiger partial charge is 0.232 e. The van der Waals surface area contributed by atoms with E-state index in [2.05, 4.69) is 4.98 Å². The van der Waals surface area contributed by atoms with Gasteiger partial charge in [-0.15, -0.1) is 11.3 Å². The summed E-state index contributed by atoms with van der Waals surface area (Å²) >= 11 is 7.14. The average molecular weight is 282 g/mol. The van der Waals surface area contributed by atoms with E-state index in [4.69, 9.17) is 17.3 Å². The van der Waals surface area contributed by atoms with E-state index >= 15 is 0 Å². The van der Waals surface area contributed by atoms with Gasteiger partial charge in [0.2, 0.25) is 5.91 Å². The number of benzene rings is 1. The number of anilines is 2. The minimum atomic E-state index is -0.0392. The maximum Gasteiger partial charge on any atom is 0.232 e.